The molecule has 0 radical (unpaired) electrons. The Morgan fingerprint density at radius 1 is 0.926 bits per heavy atom. The summed E-state index contributed by atoms with van der Waals surface area (Å²) in [5.41, 5.74) is 0.241. The summed E-state index contributed by atoms with van der Waals surface area (Å²) in [4.78, 5) is 12.4. The van der Waals surface area contributed by atoms with Crippen LogP contribution in [0.5, 0.6) is 5.75 Å². The van der Waals surface area contributed by atoms with Crippen LogP contribution in [0.25, 0.3) is 10.8 Å². The minimum Gasteiger partial charge on any atom is -0.506 e. The van der Waals surface area contributed by atoms with Gasteiger partial charge < -0.3 is 10.4 Å². The maximum absolute atomic E-state index is 12.4. The van der Waals surface area contributed by atoms with Crippen molar-refractivity contribution < 1.29 is 9.90 Å². The second kappa shape index (κ2) is 11.9. The van der Waals surface area contributed by atoms with Crippen LogP contribution in [-0.2, 0) is 0 Å². The van der Waals surface area contributed by atoms with Gasteiger partial charge in [-0.2, -0.15) is 0 Å². The van der Waals surface area contributed by atoms with Crippen LogP contribution in [0.15, 0.2) is 30.3 Å². The number of hydrogen-bond donors (Lipinski definition) is 2. The average molecular weight is 390 g/mol. The van der Waals surface area contributed by atoms with Crippen molar-refractivity contribution >= 4 is 28.3 Å². The molecule has 4 heteroatoms. The van der Waals surface area contributed by atoms with E-state index in [9.17, 15) is 9.90 Å². The van der Waals surface area contributed by atoms with Crippen molar-refractivity contribution in [3.05, 3.63) is 40.9 Å². The Bertz CT molecular complexity index is 730. The van der Waals surface area contributed by atoms with E-state index in [-0.39, 0.29) is 17.2 Å². The van der Waals surface area contributed by atoms with Crippen molar-refractivity contribution in [3.8, 4) is 5.75 Å². The highest BCUT2D eigenvalue weighted by atomic mass is 35.5. The van der Waals surface area contributed by atoms with Crippen LogP contribution < -0.4 is 5.32 Å². The Morgan fingerprint density at radius 2 is 1.48 bits per heavy atom. The molecule has 0 bridgehead atoms. The molecule has 0 unspecified atom stereocenters. The second-order valence-electron chi connectivity index (χ2n) is 7.24. The quantitative estimate of drug-likeness (QED) is 0.390. The van der Waals surface area contributed by atoms with E-state index in [2.05, 4.69) is 12.2 Å². The van der Waals surface area contributed by atoms with Gasteiger partial charge in [0.25, 0.3) is 5.91 Å². The monoisotopic (exact) mass is 389 g/mol. The Labute approximate surface area is 168 Å². The summed E-state index contributed by atoms with van der Waals surface area (Å²) in [6, 6.07) is 8.84. The minimum atomic E-state index is -0.268. The van der Waals surface area contributed by atoms with Crippen molar-refractivity contribution in [1.82, 2.24) is 5.32 Å². The van der Waals surface area contributed by atoms with Crippen LogP contribution in [-0.4, -0.2) is 17.6 Å². The highest BCUT2D eigenvalue weighted by Gasteiger charge is 2.15. The van der Waals surface area contributed by atoms with Crippen LogP contribution >= 0.6 is 11.6 Å². The van der Waals surface area contributed by atoms with Gasteiger partial charge in [-0.3, -0.25) is 4.79 Å². The van der Waals surface area contributed by atoms with E-state index in [0.717, 1.165) is 18.2 Å². The zero-order valence-corrected chi connectivity index (χ0v) is 17.2. The largest absolute Gasteiger partial charge is 0.506 e. The van der Waals surface area contributed by atoms with Crippen molar-refractivity contribution in [2.75, 3.05) is 6.54 Å². The number of carbonyl (C=O) groups is 1. The summed E-state index contributed by atoms with van der Waals surface area (Å²) in [6.07, 6.45) is 12.6. The van der Waals surface area contributed by atoms with Crippen LogP contribution in [0.1, 0.15) is 81.5 Å². The van der Waals surface area contributed by atoms with Gasteiger partial charge in [-0.25, -0.2) is 0 Å². The molecule has 0 fully saturated rings. The molecule has 2 N–H and O–H groups in total. The lowest BCUT2D eigenvalue weighted by molar-refractivity contribution is 0.0950. The van der Waals surface area contributed by atoms with Gasteiger partial charge in [0.05, 0.1) is 5.56 Å². The van der Waals surface area contributed by atoms with E-state index < -0.39 is 0 Å². The first kappa shape index (κ1) is 21.6. The normalized spacial score (nSPS) is 11.0. The number of halogens is 1. The summed E-state index contributed by atoms with van der Waals surface area (Å²) in [5, 5.41) is 15.1. The van der Waals surface area contributed by atoms with Crippen LogP contribution in [0.3, 0.4) is 0 Å². The number of aromatic hydroxyl groups is 1. The molecule has 2 aromatic rings. The zero-order chi connectivity index (χ0) is 19.5. The van der Waals surface area contributed by atoms with Gasteiger partial charge in [0.15, 0.2) is 0 Å². The maximum atomic E-state index is 12.4. The number of nitrogens with one attached hydrogen (secondary N) is 1. The van der Waals surface area contributed by atoms with Crippen LogP contribution in [0.2, 0.25) is 5.02 Å². The Balaban J connectivity index is 1.68. The van der Waals surface area contributed by atoms with Crippen molar-refractivity contribution in [3.63, 3.8) is 0 Å². The maximum Gasteiger partial charge on any atom is 0.255 e. The van der Waals surface area contributed by atoms with Gasteiger partial charge in [0, 0.05) is 22.3 Å². The fourth-order valence-corrected chi connectivity index (χ4v) is 3.67. The molecular weight excluding hydrogens is 358 g/mol. The molecule has 148 valence electrons. The summed E-state index contributed by atoms with van der Waals surface area (Å²) in [5.74, 6) is -0.272. The smallest absolute Gasteiger partial charge is 0.255 e. The second-order valence-corrected chi connectivity index (χ2v) is 7.65. The molecule has 0 saturated heterocycles. The third-order valence-corrected chi connectivity index (χ3v) is 5.34. The molecule has 0 saturated carbocycles. The first-order valence-electron chi connectivity index (χ1n) is 10.3. The van der Waals surface area contributed by atoms with E-state index in [1.54, 1.807) is 12.1 Å². The molecule has 0 spiro atoms. The number of rotatable bonds is 12. The SMILES string of the molecule is CCCCCCCCCCCCNC(=O)c1cc(Cl)c2ccccc2c1O. The van der Waals surface area contributed by atoms with Crippen LogP contribution in [0.4, 0.5) is 0 Å². The molecule has 0 aromatic heterocycles. The molecule has 0 heterocycles. The molecule has 0 atom stereocenters. The number of phenols is 1. The van der Waals surface area contributed by atoms with Gasteiger partial charge in [-0.1, -0.05) is 101 Å². The summed E-state index contributed by atoms with van der Waals surface area (Å²) < 4.78 is 0. The number of hydrogen-bond acceptors (Lipinski definition) is 2. The predicted octanol–water partition coefficient (Wildman–Crippen LogP) is 6.85. The summed E-state index contributed by atoms with van der Waals surface area (Å²) >= 11 is 6.26. The average Bonchev–Trinajstić information content (AvgIpc) is 2.68. The number of unbranched alkanes of at least 4 members (excludes halogenated alkanes) is 9. The van der Waals surface area contributed by atoms with Gasteiger partial charge >= 0.3 is 0 Å². The molecule has 0 aliphatic carbocycles. The third-order valence-electron chi connectivity index (χ3n) is 5.03. The Hall–Kier alpha value is -1.74. The van der Waals surface area contributed by atoms with Crippen LogP contribution in [0, 0.1) is 0 Å². The van der Waals surface area contributed by atoms with Gasteiger partial charge in [-0.05, 0) is 12.5 Å². The van der Waals surface area contributed by atoms with E-state index in [1.807, 2.05) is 18.2 Å². The number of amides is 1. The van der Waals surface area contributed by atoms with Crippen molar-refractivity contribution in [1.29, 1.82) is 0 Å². The minimum absolute atomic E-state index is 0.00410. The number of carbonyl (C=O) groups excluding carboxylic acids is 1. The fraction of sp³-hybridized carbons (Fsp3) is 0.522. The fourth-order valence-electron chi connectivity index (χ4n) is 3.40. The van der Waals surface area contributed by atoms with E-state index >= 15 is 0 Å². The molecule has 0 aliphatic heterocycles. The van der Waals surface area contributed by atoms with E-state index in [0.29, 0.717) is 17.0 Å². The molecule has 1 amide bonds. The molecule has 2 aromatic carbocycles. The summed E-state index contributed by atoms with van der Waals surface area (Å²) in [6.45, 7) is 2.87. The highest BCUT2D eigenvalue weighted by molar-refractivity contribution is 6.36. The number of benzene rings is 2. The molecule has 3 nitrogen and oxygen atoms in total. The molecule has 2 rings (SSSR count). The Morgan fingerprint density at radius 3 is 2.11 bits per heavy atom. The molecule has 0 aliphatic rings. The lowest BCUT2D eigenvalue weighted by Gasteiger charge is -2.10. The lowest BCUT2D eigenvalue weighted by atomic mass is 10.0. The standard InChI is InChI=1S/C23H32ClNO2/c1-2-3-4-5-6-7-8-9-10-13-16-25-23(27)20-17-21(24)18-14-11-12-15-19(18)22(20)26/h11-12,14-15,17,26H,2-10,13,16H2,1H3,(H,25,27). The number of fused-ring (bicyclic) bond motifs is 1. The van der Waals surface area contributed by atoms with Crippen molar-refractivity contribution in [2.45, 2.75) is 71.1 Å². The first-order chi connectivity index (χ1) is 13.1. The zero-order valence-electron chi connectivity index (χ0n) is 16.4. The van der Waals surface area contributed by atoms with E-state index in [4.69, 9.17) is 11.6 Å². The number of phenolic OH excluding ortho intramolecular Hbond substituents is 1. The highest BCUT2D eigenvalue weighted by Crippen LogP contribution is 2.34. The summed E-state index contributed by atoms with van der Waals surface area (Å²) in [7, 11) is 0. The Kier molecular flexibility index (Phi) is 9.47. The third kappa shape index (κ3) is 6.73. The lowest BCUT2D eigenvalue weighted by Crippen LogP contribution is -2.24. The van der Waals surface area contributed by atoms with Gasteiger partial charge in [-0.15, -0.1) is 0 Å². The van der Waals surface area contributed by atoms with Crippen molar-refractivity contribution in [2.24, 2.45) is 0 Å². The topological polar surface area (TPSA) is 49.3 Å². The molecule has 27 heavy (non-hydrogen) atoms. The van der Waals surface area contributed by atoms with E-state index in [1.165, 1.54) is 51.4 Å². The molecular formula is C23H32ClNO2. The predicted molar refractivity (Wildman–Crippen MR) is 115 cm³/mol. The first-order valence-corrected chi connectivity index (χ1v) is 10.7. The van der Waals surface area contributed by atoms with Gasteiger partial charge in [0.2, 0.25) is 0 Å². The van der Waals surface area contributed by atoms with Gasteiger partial charge in [0.1, 0.15) is 5.75 Å².